The van der Waals surface area contributed by atoms with Crippen molar-refractivity contribution in [3.05, 3.63) is 22.9 Å². The van der Waals surface area contributed by atoms with E-state index in [0.717, 1.165) is 0 Å². The van der Waals surface area contributed by atoms with Gasteiger partial charge in [0, 0.05) is 36.6 Å². The average Bonchev–Trinajstić information content (AvgIpc) is 2.33. The molecule has 1 rings (SSSR count). The third kappa shape index (κ3) is 6.47. The fourth-order valence-electron chi connectivity index (χ4n) is 1.32. The lowest BCUT2D eigenvalue weighted by atomic mass is 10.2. The summed E-state index contributed by atoms with van der Waals surface area (Å²) in [5.41, 5.74) is 0. The molecule has 0 bridgehead atoms. The van der Waals surface area contributed by atoms with Crippen LogP contribution < -0.4 is 4.72 Å². The van der Waals surface area contributed by atoms with E-state index in [0.29, 0.717) is 36.6 Å². The fraction of sp³-hybridized carbons (Fsp3) is 0.583. The summed E-state index contributed by atoms with van der Waals surface area (Å²) in [5, 5.41) is 0. The number of nitrogens with one attached hydrogen (secondary N) is 1. The third-order valence-electron chi connectivity index (χ3n) is 2.20. The molecule has 0 saturated heterocycles. The van der Waals surface area contributed by atoms with Crippen molar-refractivity contribution in [2.24, 2.45) is 5.92 Å². The van der Waals surface area contributed by atoms with Crippen molar-refractivity contribution in [1.29, 1.82) is 0 Å². The van der Waals surface area contributed by atoms with Gasteiger partial charge in [-0.25, -0.2) is 13.1 Å². The van der Waals surface area contributed by atoms with Gasteiger partial charge >= 0.3 is 0 Å². The van der Waals surface area contributed by atoms with Crippen LogP contribution in [0.5, 0.6) is 0 Å². The molecule has 0 spiro atoms. The molecule has 1 heterocycles. The van der Waals surface area contributed by atoms with Crippen LogP contribution in [0.2, 0.25) is 0 Å². The number of hydrogen-bond acceptors (Lipinski definition) is 4. The van der Waals surface area contributed by atoms with Crippen molar-refractivity contribution in [2.75, 3.05) is 19.8 Å². The number of halogens is 1. The minimum atomic E-state index is -3.48. The van der Waals surface area contributed by atoms with Crippen LogP contribution >= 0.6 is 15.9 Å². The van der Waals surface area contributed by atoms with Gasteiger partial charge in [0.25, 0.3) is 0 Å². The lowest BCUT2D eigenvalue weighted by molar-refractivity contribution is 0.108. The average molecular weight is 351 g/mol. The van der Waals surface area contributed by atoms with E-state index in [2.05, 4.69) is 39.5 Å². The van der Waals surface area contributed by atoms with E-state index >= 15 is 0 Å². The molecule has 0 unspecified atom stereocenters. The highest BCUT2D eigenvalue weighted by Gasteiger charge is 2.13. The highest BCUT2D eigenvalue weighted by molar-refractivity contribution is 9.10. The number of ether oxygens (including phenoxy) is 1. The Morgan fingerprint density at radius 3 is 2.79 bits per heavy atom. The summed E-state index contributed by atoms with van der Waals surface area (Å²) in [4.78, 5) is 3.99. The lowest BCUT2D eigenvalue weighted by Crippen LogP contribution is -2.25. The molecule has 0 aromatic carbocycles. The standard InChI is InChI=1S/C12H19BrN2O3S/c1-10(2)9-18-5-3-4-15-19(16,17)12-6-11(13)7-14-8-12/h6-8,10,15H,3-5,9H2,1-2H3. The second-order valence-electron chi connectivity index (χ2n) is 4.56. The van der Waals surface area contributed by atoms with Gasteiger partial charge in [-0.1, -0.05) is 13.8 Å². The minimum absolute atomic E-state index is 0.157. The SMILES string of the molecule is CC(C)COCCCNS(=O)(=O)c1cncc(Br)c1. The van der Waals surface area contributed by atoms with Crippen molar-refractivity contribution < 1.29 is 13.2 Å². The van der Waals surface area contributed by atoms with Crippen LogP contribution in [0.15, 0.2) is 27.8 Å². The molecule has 1 aromatic heterocycles. The molecule has 7 heteroatoms. The second-order valence-corrected chi connectivity index (χ2v) is 7.24. The molecule has 5 nitrogen and oxygen atoms in total. The zero-order valence-corrected chi connectivity index (χ0v) is 13.5. The summed E-state index contributed by atoms with van der Waals surface area (Å²) in [6.45, 7) is 5.75. The summed E-state index contributed by atoms with van der Waals surface area (Å²) in [5.74, 6) is 0.490. The minimum Gasteiger partial charge on any atom is -0.381 e. The second kappa shape index (κ2) is 7.94. The van der Waals surface area contributed by atoms with Gasteiger partial charge in [-0.15, -0.1) is 0 Å². The van der Waals surface area contributed by atoms with E-state index in [9.17, 15) is 8.42 Å². The summed E-state index contributed by atoms with van der Waals surface area (Å²) in [6, 6.07) is 1.52. The van der Waals surface area contributed by atoms with Crippen LogP contribution in [0, 0.1) is 5.92 Å². The quantitative estimate of drug-likeness (QED) is 0.729. The number of pyridine rings is 1. The van der Waals surface area contributed by atoms with E-state index in [1.54, 1.807) is 6.20 Å². The Hall–Kier alpha value is -0.500. The monoisotopic (exact) mass is 350 g/mol. The highest BCUT2D eigenvalue weighted by Crippen LogP contribution is 2.13. The van der Waals surface area contributed by atoms with Gasteiger partial charge in [0.1, 0.15) is 4.90 Å². The van der Waals surface area contributed by atoms with E-state index in [1.807, 2.05) is 0 Å². The number of nitrogens with zero attached hydrogens (tertiary/aromatic N) is 1. The number of rotatable bonds is 8. The summed E-state index contributed by atoms with van der Waals surface area (Å²) in [7, 11) is -3.48. The molecule has 0 aliphatic heterocycles. The van der Waals surface area contributed by atoms with Gasteiger partial charge in [-0.05, 0) is 34.3 Å². The molecule has 108 valence electrons. The normalized spacial score (nSPS) is 12.0. The third-order valence-corrected chi connectivity index (χ3v) is 4.06. The largest absolute Gasteiger partial charge is 0.381 e. The maximum absolute atomic E-state index is 11.9. The van der Waals surface area contributed by atoms with E-state index < -0.39 is 10.0 Å². The molecule has 0 aliphatic rings. The van der Waals surface area contributed by atoms with Gasteiger partial charge in [-0.3, -0.25) is 4.98 Å². The Bertz CT molecular complexity index is 492. The topological polar surface area (TPSA) is 68.3 Å². The predicted molar refractivity (Wildman–Crippen MR) is 77.4 cm³/mol. The van der Waals surface area contributed by atoms with Gasteiger partial charge in [0.2, 0.25) is 10.0 Å². The Kier molecular flexibility index (Phi) is 6.92. The molecular formula is C12H19BrN2O3S. The molecule has 19 heavy (non-hydrogen) atoms. The van der Waals surface area contributed by atoms with Crippen LogP contribution in [0.1, 0.15) is 20.3 Å². The summed E-state index contributed by atoms with van der Waals surface area (Å²) < 4.78 is 32.4. The first-order valence-corrected chi connectivity index (χ1v) is 8.37. The van der Waals surface area contributed by atoms with Crippen molar-refractivity contribution in [1.82, 2.24) is 9.71 Å². The maximum atomic E-state index is 11.9. The first-order valence-electron chi connectivity index (χ1n) is 6.10. The van der Waals surface area contributed by atoms with Crippen molar-refractivity contribution >= 4 is 26.0 Å². The van der Waals surface area contributed by atoms with Crippen LogP contribution in [0.3, 0.4) is 0 Å². The van der Waals surface area contributed by atoms with Gasteiger partial charge in [0.15, 0.2) is 0 Å². The van der Waals surface area contributed by atoms with Crippen molar-refractivity contribution in [3.63, 3.8) is 0 Å². The smallest absolute Gasteiger partial charge is 0.242 e. The fourth-order valence-corrected chi connectivity index (χ4v) is 2.90. The van der Waals surface area contributed by atoms with Crippen LogP contribution in [-0.4, -0.2) is 33.2 Å². The highest BCUT2D eigenvalue weighted by atomic mass is 79.9. The van der Waals surface area contributed by atoms with Crippen molar-refractivity contribution in [2.45, 2.75) is 25.2 Å². The molecule has 0 fully saturated rings. The van der Waals surface area contributed by atoms with Gasteiger partial charge in [0.05, 0.1) is 0 Å². The molecule has 1 N–H and O–H groups in total. The first kappa shape index (κ1) is 16.6. The van der Waals surface area contributed by atoms with Crippen LogP contribution in [0.4, 0.5) is 0 Å². The maximum Gasteiger partial charge on any atom is 0.242 e. The molecular weight excluding hydrogens is 332 g/mol. The molecule has 0 saturated carbocycles. The number of hydrogen-bond donors (Lipinski definition) is 1. The van der Waals surface area contributed by atoms with Gasteiger partial charge < -0.3 is 4.74 Å². The Balaban J connectivity index is 2.36. The van der Waals surface area contributed by atoms with Crippen LogP contribution in [-0.2, 0) is 14.8 Å². The molecule has 0 atom stereocenters. The first-order chi connectivity index (χ1) is 8.92. The summed E-state index contributed by atoms with van der Waals surface area (Å²) in [6.07, 6.45) is 3.51. The Morgan fingerprint density at radius 2 is 2.16 bits per heavy atom. The predicted octanol–water partition coefficient (Wildman–Crippen LogP) is 2.19. The number of aromatic nitrogens is 1. The molecule has 1 aromatic rings. The van der Waals surface area contributed by atoms with Crippen molar-refractivity contribution in [3.8, 4) is 0 Å². The number of sulfonamides is 1. The van der Waals surface area contributed by atoms with E-state index in [4.69, 9.17) is 4.74 Å². The molecule has 0 radical (unpaired) electrons. The zero-order chi connectivity index (χ0) is 14.3. The van der Waals surface area contributed by atoms with E-state index in [1.165, 1.54) is 12.3 Å². The molecule has 0 aliphatic carbocycles. The van der Waals surface area contributed by atoms with E-state index in [-0.39, 0.29) is 4.90 Å². The van der Waals surface area contributed by atoms with Gasteiger partial charge in [-0.2, -0.15) is 0 Å². The lowest BCUT2D eigenvalue weighted by Gasteiger charge is -2.08. The zero-order valence-electron chi connectivity index (χ0n) is 11.1. The summed E-state index contributed by atoms with van der Waals surface area (Å²) >= 11 is 3.20. The Morgan fingerprint density at radius 1 is 1.42 bits per heavy atom. The Labute approximate surface area is 122 Å². The molecule has 0 amide bonds. The van der Waals surface area contributed by atoms with Crippen LogP contribution in [0.25, 0.3) is 0 Å².